The molecule has 0 radical (unpaired) electrons. The van der Waals surface area contributed by atoms with E-state index in [0.29, 0.717) is 18.1 Å². The number of rotatable bonds is 5. The highest BCUT2D eigenvalue weighted by Gasteiger charge is 2.39. The van der Waals surface area contributed by atoms with E-state index in [1.54, 1.807) is 12.1 Å². The van der Waals surface area contributed by atoms with Gasteiger partial charge in [-0.15, -0.1) is 0 Å². The molecule has 3 rings (SSSR count). The first-order valence-corrected chi connectivity index (χ1v) is 9.94. The van der Waals surface area contributed by atoms with Crippen LogP contribution in [0.3, 0.4) is 0 Å². The Morgan fingerprint density at radius 1 is 1.29 bits per heavy atom. The first-order chi connectivity index (χ1) is 11.3. The van der Waals surface area contributed by atoms with E-state index in [0.717, 1.165) is 30.0 Å². The van der Waals surface area contributed by atoms with Gasteiger partial charge in [-0.25, -0.2) is 13.4 Å². The van der Waals surface area contributed by atoms with E-state index in [9.17, 15) is 8.42 Å². The van der Waals surface area contributed by atoms with Crippen LogP contribution >= 0.6 is 11.6 Å². The maximum Gasteiger partial charge on any atom is 0.243 e. The van der Waals surface area contributed by atoms with Gasteiger partial charge in [0.2, 0.25) is 10.0 Å². The zero-order valence-electron chi connectivity index (χ0n) is 14.2. The summed E-state index contributed by atoms with van der Waals surface area (Å²) in [6.07, 6.45) is 2.89. The molecular formula is C17H22ClN3O2S. The molecule has 0 bridgehead atoms. The predicted molar refractivity (Wildman–Crippen MR) is 94.9 cm³/mol. The molecule has 2 aromatic rings. The number of aromatic nitrogens is 2. The van der Waals surface area contributed by atoms with Gasteiger partial charge in [-0.2, -0.15) is 4.31 Å². The fourth-order valence-electron chi connectivity index (χ4n) is 3.00. The number of nitrogens with zero attached hydrogens (tertiary/aromatic N) is 3. The molecule has 130 valence electrons. The lowest BCUT2D eigenvalue weighted by Gasteiger charge is -2.38. The van der Waals surface area contributed by atoms with Crippen LogP contribution < -0.4 is 0 Å². The number of hydrogen-bond donors (Lipinski definition) is 0. The molecule has 1 aromatic carbocycles. The highest BCUT2D eigenvalue weighted by molar-refractivity contribution is 7.89. The van der Waals surface area contributed by atoms with Gasteiger partial charge in [0.1, 0.15) is 5.82 Å². The number of hydrogen-bond acceptors (Lipinski definition) is 3. The number of benzene rings is 1. The quantitative estimate of drug-likeness (QED) is 0.814. The van der Waals surface area contributed by atoms with Gasteiger partial charge >= 0.3 is 0 Å². The van der Waals surface area contributed by atoms with Crippen molar-refractivity contribution in [2.75, 3.05) is 13.1 Å². The van der Waals surface area contributed by atoms with Gasteiger partial charge in [-0.1, -0.05) is 24.6 Å². The molecule has 0 atom stereocenters. The summed E-state index contributed by atoms with van der Waals surface area (Å²) in [6, 6.07) is 4.89. The first-order valence-electron chi connectivity index (χ1n) is 8.13. The van der Waals surface area contributed by atoms with E-state index in [-0.39, 0.29) is 10.8 Å². The molecule has 0 N–H and O–H groups in total. The van der Waals surface area contributed by atoms with Crippen LogP contribution in [0.2, 0.25) is 5.02 Å². The molecule has 1 aliphatic heterocycles. The molecule has 0 saturated carbocycles. The SMILES string of the molecule is CCCn1c(C)cnc1C1CN(S(=O)(=O)c2ccc(C)c(Cl)c2)C1. The normalized spacial score (nSPS) is 16.3. The number of halogens is 1. The maximum atomic E-state index is 12.7. The van der Waals surface area contributed by atoms with E-state index < -0.39 is 10.0 Å². The monoisotopic (exact) mass is 367 g/mol. The summed E-state index contributed by atoms with van der Waals surface area (Å²) in [7, 11) is -3.49. The third kappa shape index (κ3) is 2.98. The van der Waals surface area contributed by atoms with E-state index in [1.807, 2.05) is 20.0 Å². The average Bonchev–Trinajstić information content (AvgIpc) is 2.82. The minimum atomic E-state index is -3.49. The standard InChI is InChI=1S/C17H22ClN3O2S/c1-4-7-21-13(3)9-19-17(21)14-10-20(11-14)24(22,23)15-6-5-12(2)16(18)8-15/h5-6,8-9,14H,4,7,10-11H2,1-3H3. The zero-order chi connectivity index (χ0) is 17.5. The highest BCUT2D eigenvalue weighted by Crippen LogP contribution is 2.33. The Labute approximate surface area is 148 Å². The largest absolute Gasteiger partial charge is 0.332 e. The Bertz CT molecular complexity index is 855. The molecule has 2 heterocycles. The van der Waals surface area contributed by atoms with Crippen molar-refractivity contribution < 1.29 is 8.42 Å². The minimum absolute atomic E-state index is 0.154. The fraction of sp³-hybridized carbons (Fsp3) is 0.471. The summed E-state index contributed by atoms with van der Waals surface area (Å²) in [6.45, 7) is 7.86. The van der Waals surface area contributed by atoms with Crippen molar-refractivity contribution in [3.63, 3.8) is 0 Å². The number of imidazole rings is 1. The van der Waals surface area contributed by atoms with E-state index in [1.165, 1.54) is 10.4 Å². The summed E-state index contributed by atoms with van der Waals surface area (Å²) >= 11 is 6.07. The van der Waals surface area contributed by atoms with Crippen molar-refractivity contribution in [3.8, 4) is 0 Å². The van der Waals surface area contributed by atoms with Gasteiger partial charge in [0.15, 0.2) is 0 Å². The van der Waals surface area contributed by atoms with Crippen LogP contribution in [0.1, 0.15) is 36.3 Å². The average molecular weight is 368 g/mol. The predicted octanol–water partition coefficient (Wildman–Crippen LogP) is 3.35. The Kier molecular flexibility index (Phi) is 4.73. The summed E-state index contributed by atoms with van der Waals surface area (Å²) < 4.78 is 29.1. The Balaban J connectivity index is 1.77. The van der Waals surface area contributed by atoms with Crippen molar-refractivity contribution in [1.82, 2.24) is 13.9 Å². The van der Waals surface area contributed by atoms with Crippen LogP contribution in [-0.2, 0) is 16.6 Å². The highest BCUT2D eigenvalue weighted by atomic mass is 35.5. The molecule has 1 fully saturated rings. The second kappa shape index (κ2) is 6.50. The molecule has 0 amide bonds. The van der Waals surface area contributed by atoms with Crippen molar-refractivity contribution in [2.45, 2.75) is 44.6 Å². The van der Waals surface area contributed by atoms with Crippen LogP contribution in [0.4, 0.5) is 0 Å². The molecule has 0 unspecified atom stereocenters. The van der Waals surface area contributed by atoms with Gasteiger partial charge in [0.25, 0.3) is 0 Å². The lowest BCUT2D eigenvalue weighted by molar-refractivity contribution is 0.250. The molecule has 1 saturated heterocycles. The Hall–Kier alpha value is -1.37. The molecule has 1 aliphatic rings. The lowest BCUT2D eigenvalue weighted by atomic mass is 10.0. The topological polar surface area (TPSA) is 55.2 Å². The number of sulfonamides is 1. The smallest absolute Gasteiger partial charge is 0.243 e. The van der Waals surface area contributed by atoms with Crippen LogP contribution in [0.15, 0.2) is 29.3 Å². The summed E-state index contributed by atoms with van der Waals surface area (Å²) in [5.41, 5.74) is 1.99. The van der Waals surface area contributed by atoms with Crippen molar-refractivity contribution in [3.05, 3.63) is 46.5 Å². The number of aryl methyl sites for hydroxylation is 2. The van der Waals surface area contributed by atoms with E-state index in [4.69, 9.17) is 11.6 Å². The molecule has 24 heavy (non-hydrogen) atoms. The molecular weight excluding hydrogens is 346 g/mol. The van der Waals surface area contributed by atoms with E-state index >= 15 is 0 Å². The third-order valence-electron chi connectivity index (χ3n) is 4.53. The van der Waals surface area contributed by atoms with Crippen LogP contribution in [0.5, 0.6) is 0 Å². The molecule has 5 nitrogen and oxygen atoms in total. The summed E-state index contributed by atoms with van der Waals surface area (Å²) in [4.78, 5) is 4.75. The fourth-order valence-corrected chi connectivity index (χ4v) is 4.80. The summed E-state index contributed by atoms with van der Waals surface area (Å²) in [5, 5.41) is 0.474. The van der Waals surface area contributed by atoms with Gasteiger partial charge in [0.05, 0.1) is 4.90 Å². The van der Waals surface area contributed by atoms with Crippen LogP contribution in [0, 0.1) is 13.8 Å². The van der Waals surface area contributed by atoms with Gasteiger partial charge < -0.3 is 4.57 Å². The van der Waals surface area contributed by atoms with Gasteiger partial charge in [-0.3, -0.25) is 0 Å². The van der Waals surface area contributed by atoms with Crippen LogP contribution in [-0.4, -0.2) is 35.4 Å². The van der Waals surface area contributed by atoms with Crippen molar-refractivity contribution in [1.29, 1.82) is 0 Å². The van der Waals surface area contributed by atoms with Crippen molar-refractivity contribution >= 4 is 21.6 Å². The minimum Gasteiger partial charge on any atom is -0.332 e. The maximum absolute atomic E-state index is 12.7. The third-order valence-corrected chi connectivity index (χ3v) is 6.76. The summed E-state index contributed by atoms with van der Waals surface area (Å²) in [5.74, 6) is 1.14. The molecule has 7 heteroatoms. The van der Waals surface area contributed by atoms with Gasteiger partial charge in [-0.05, 0) is 38.0 Å². The first kappa shape index (κ1) is 17.5. The molecule has 1 aromatic heterocycles. The second-order valence-electron chi connectivity index (χ2n) is 6.34. The van der Waals surface area contributed by atoms with Gasteiger partial charge in [0, 0.05) is 42.5 Å². The van der Waals surface area contributed by atoms with Crippen molar-refractivity contribution in [2.24, 2.45) is 0 Å². The Morgan fingerprint density at radius 2 is 2.00 bits per heavy atom. The Morgan fingerprint density at radius 3 is 2.62 bits per heavy atom. The zero-order valence-corrected chi connectivity index (χ0v) is 15.7. The molecule has 0 aliphatic carbocycles. The van der Waals surface area contributed by atoms with E-state index in [2.05, 4.69) is 16.5 Å². The lowest BCUT2D eigenvalue weighted by Crippen LogP contribution is -2.49. The van der Waals surface area contributed by atoms with Crippen LogP contribution in [0.25, 0.3) is 0 Å². The second-order valence-corrected chi connectivity index (χ2v) is 8.68. The molecule has 0 spiro atoms.